The SMILES string of the molecule is CCNC(=O)C(Cc1cc(C)ccn1)N(c1cc(N(C)C)ccc1Cl)S(=O)(=O)c1ccc(OC)c(OC)c1. The normalized spacial score (nSPS) is 12.0. The molecule has 0 saturated carbocycles. The van der Waals surface area contributed by atoms with E-state index < -0.39 is 22.0 Å². The highest BCUT2D eigenvalue weighted by molar-refractivity contribution is 7.93. The lowest BCUT2D eigenvalue weighted by Crippen LogP contribution is -2.51. The molecule has 38 heavy (non-hydrogen) atoms. The molecule has 0 aliphatic heterocycles. The van der Waals surface area contributed by atoms with Gasteiger partial charge in [-0.15, -0.1) is 0 Å². The monoisotopic (exact) mass is 560 g/mol. The fraction of sp³-hybridized carbons (Fsp3) is 0.333. The highest BCUT2D eigenvalue weighted by Gasteiger charge is 2.38. The van der Waals surface area contributed by atoms with Crippen molar-refractivity contribution in [1.29, 1.82) is 0 Å². The molecule has 1 heterocycles. The maximum atomic E-state index is 14.4. The van der Waals surface area contributed by atoms with E-state index in [4.69, 9.17) is 21.1 Å². The molecule has 3 rings (SSSR count). The number of benzene rings is 2. The lowest BCUT2D eigenvalue weighted by Gasteiger charge is -2.33. The quantitative estimate of drug-likeness (QED) is 0.377. The minimum Gasteiger partial charge on any atom is -0.493 e. The summed E-state index contributed by atoms with van der Waals surface area (Å²) in [6.07, 6.45) is 1.65. The first kappa shape index (κ1) is 29.1. The van der Waals surface area contributed by atoms with Crippen LogP contribution in [0.5, 0.6) is 11.5 Å². The molecule has 1 amide bonds. The zero-order valence-electron chi connectivity index (χ0n) is 22.4. The number of aryl methyl sites for hydroxylation is 1. The van der Waals surface area contributed by atoms with Crippen molar-refractivity contribution in [2.45, 2.75) is 31.2 Å². The molecule has 1 N–H and O–H groups in total. The molecule has 0 aliphatic carbocycles. The Morgan fingerprint density at radius 1 is 1.05 bits per heavy atom. The van der Waals surface area contributed by atoms with Crippen molar-refractivity contribution in [2.75, 3.05) is 44.1 Å². The maximum absolute atomic E-state index is 14.4. The van der Waals surface area contributed by atoms with Crippen LogP contribution in [0.25, 0.3) is 0 Å². The average molecular weight is 561 g/mol. The van der Waals surface area contributed by atoms with Crippen LogP contribution in [-0.4, -0.2) is 60.2 Å². The molecule has 0 fully saturated rings. The Bertz CT molecular complexity index is 1400. The Morgan fingerprint density at radius 2 is 1.76 bits per heavy atom. The third kappa shape index (κ3) is 6.31. The van der Waals surface area contributed by atoms with Gasteiger partial charge in [-0.2, -0.15) is 0 Å². The van der Waals surface area contributed by atoms with E-state index in [-0.39, 0.29) is 27.8 Å². The van der Waals surface area contributed by atoms with Crippen LogP contribution in [0.2, 0.25) is 5.02 Å². The van der Waals surface area contributed by atoms with Crippen molar-refractivity contribution >= 4 is 38.9 Å². The molecule has 1 aromatic heterocycles. The molecule has 1 unspecified atom stereocenters. The molecule has 1 atom stereocenters. The van der Waals surface area contributed by atoms with Gasteiger partial charge in [-0.1, -0.05) is 11.6 Å². The number of anilines is 2. The molecule has 204 valence electrons. The molecule has 3 aromatic rings. The lowest BCUT2D eigenvalue weighted by atomic mass is 10.1. The van der Waals surface area contributed by atoms with E-state index in [1.807, 2.05) is 38.1 Å². The molecule has 0 bridgehead atoms. The van der Waals surface area contributed by atoms with Crippen molar-refractivity contribution < 1.29 is 22.7 Å². The van der Waals surface area contributed by atoms with E-state index in [1.165, 1.54) is 32.4 Å². The van der Waals surface area contributed by atoms with Gasteiger partial charge in [0.2, 0.25) is 5.91 Å². The standard InChI is InChI=1S/C27H33ClN4O5S/c1-7-29-27(33)24(15-19-14-18(2)12-13-30-19)32(23-16-20(31(3)4)8-10-22(23)28)38(34,35)21-9-11-25(36-5)26(17-21)37-6/h8-14,16-17,24H,7,15H2,1-6H3,(H,29,33). The summed E-state index contributed by atoms with van der Waals surface area (Å²) in [6, 6.07) is 11.8. The number of nitrogens with zero attached hydrogens (tertiary/aromatic N) is 3. The molecule has 0 spiro atoms. The first-order chi connectivity index (χ1) is 18.0. The van der Waals surface area contributed by atoms with Crippen LogP contribution < -0.4 is 24.0 Å². The molecule has 9 nitrogen and oxygen atoms in total. The number of amides is 1. The Labute approximate surface area is 229 Å². The zero-order chi connectivity index (χ0) is 28.0. The van der Waals surface area contributed by atoms with Gasteiger partial charge in [0.1, 0.15) is 6.04 Å². The second-order valence-corrected chi connectivity index (χ2v) is 11.0. The number of aromatic nitrogens is 1. The van der Waals surface area contributed by atoms with Gasteiger partial charge in [0.05, 0.1) is 29.8 Å². The van der Waals surface area contributed by atoms with E-state index in [1.54, 1.807) is 31.3 Å². The fourth-order valence-corrected chi connectivity index (χ4v) is 5.88. The second kappa shape index (κ2) is 12.4. The molecule has 0 radical (unpaired) electrons. The molecule has 0 aliphatic rings. The van der Waals surface area contributed by atoms with Crippen molar-refractivity contribution in [3.8, 4) is 11.5 Å². The second-order valence-electron chi connectivity index (χ2n) is 8.79. The summed E-state index contributed by atoms with van der Waals surface area (Å²) in [6.45, 7) is 3.99. The van der Waals surface area contributed by atoms with Crippen LogP contribution in [0, 0.1) is 6.92 Å². The van der Waals surface area contributed by atoms with Gasteiger partial charge in [0, 0.05) is 50.7 Å². The predicted molar refractivity (Wildman–Crippen MR) is 150 cm³/mol. The van der Waals surface area contributed by atoms with E-state index in [2.05, 4.69) is 10.3 Å². The molecule has 2 aromatic carbocycles. The van der Waals surface area contributed by atoms with E-state index in [0.29, 0.717) is 23.7 Å². The van der Waals surface area contributed by atoms with E-state index >= 15 is 0 Å². The van der Waals surface area contributed by atoms with Crippen molar-refractivity contribution in [1.82, 2.24) is 10.3 Å². The Hall–Kier alpha value is -3.50. The molecule has 0 saturated heterocycles. The molecular weight excluding hydrogens is 528 g/mol. The van der Waals surface area contributed by atoms with Crippen LogP contribution in [-0.2, 0) is 21.2 Å². The number of pyridine rings is 1. The van der Waals surface area contributed by atoms with Crippen LogP contribution in [0.3, 0.4) is 0 Å². The van der Waals surface area contributed by atoms with Gasteiger partial charge in [0.15, 0.2) is 11.5 Å². The third-order valence-corrected chi connectivity index (χ3v) is 8.04. The number of nitrogens with one attached hydrogen (secondary N) is 1. The number of hydrogen-bond acceptors (Lipinski definition) is 7. The molecule has 11 heteroatoms. The Morgan fingerprint density at radius 3 is 2.37 bits per heavy atom. The number of sulfonamides is 1. The van der Waals surface area contributed by atoms with Crippen LogP contribution in [0.15, 0.2) is 59.6 Å². The number of halogens is 1. The largest absolute Gasteiger partial charge is 0.493 e. The van der Waals surface area contributed by atoms with Crippen molar-refractivity contribution in [3.05, 3.63) is 71.0 Å². The van der Waals surface area contributed by atoms with Gasteiger partial charge in [-0.05, 0) is 61.9 Å². The smallest absolute Gasteiger partial charge is 0.265 e. The van der Waals surface area contributed by atoms with E-state index in [0.717, 1.165) is 9.87 Å². The van der Waals surface area contributed by atoms with Gasteiger partial charge in [-0.3, -0.25) is 14.1 Å². The number of likely N-dealkylation sites (N-methyl/N-ethyl adjacent to an activating group) is 1. The Balaban J connectivity index is 2.31. The fourth-order valence-electron chi connectivity index (χ4n) is 3.99. The van der Waals surface area contributed by atoms with Gasteiger partial charge in [-0.25, -0.2) is 8.42 Å². The maximum Gasteiger partial charge on any atom is 0.265 e. The van der Waals surface area contributed by atoms with Crippen LogP contribution >= 0.6 is 11.6 Å². The minimum absolute atomic E-state index is 0.0164. The summed E-state index contributed by atoms with van der Waals surface area (Å²) < 4.78 is 40.5. The summed E-state index contributed by atoms with van der Waals surface area (Å²) >= 11 is 6.63. The first-order valence-electron chi connectivity index (χ1n) is 12.0. The van der Waals surface area contributed by atoms with E-state index in [9.17, 15) is 13.2 Å². The number of hydrogen-bond donors (Lipinski definition) is 1. The summed E-state index contributed by atoms with van der Waals surface area (Å²) in [5.74, 6) is 0.123. The number of carbonyl (C=O) groups excluding carboxylic acids is 1. The highest BCUT2D eigenvalue weighted by Crippen LogP contribution is 2.38. The number of methoxy groups -OCH3 is 2. The zero-order valence-corrected chi connectivity index (χ0v) is 23.9. The van der Waals surface area contributed by atoms with Crippen LogP contribution in [0.1, 0.15) is 18.2 Å². The predicted octanol–water partition coefficient (Wildman–Crippen LogP) is 4.07. The van der Waals surface area contributed by atoms with Gasteiger partial charge < -0.3 is 19.7 Å². The summed E-state index contributed by atoms with van der Waals surface area (Å²) in [5.41, 5.74) is 2.37. The van der Waals surface area contributed by atoms with Gasteiger partial charge >= 0.3 is 0 Å². The average Bonchev–Trinajstić information content (AvgIpc) is 2.88. The van der Waals surface area contributed by atoms with Crippen molar-refractivity contribution in [3.63, 3.8) is 0 Å². The summed E-state index contributed by atoms with van der Waals surface area (Å²) in [4.78, 5) is 19.7. The first-order valence-corrected chi connectivity index (χ1v) is 13.8. The van der Waals surface area contributed by atoms with Crippen molar-refractivity contribution in [2.24, 2.45) is 0 Å². The number of ether oxygens (including phenoxy) is 2. The molecular formula is C27H33ClN4O5S. The topological polar surface area (TPSA) is 101 Å². The van der Waals surface area contributed by atoms with Crippen LogP contribution in [0.4, 0.5) is 11.4 Å². The number of rotatable bonds is 11. The third-order valence-electron chi connectivity index (χ3n) is 5.91. The number of carbonyl (C=O) groups is 1. The highest BCUT2D eigenvalue weighted by atomic mass is 35.5. The minimum atomic E-state index is -4.36. The Kier molecular flexibility index (Phi) is 9.45. The van der Waals surface area contributed by atoms with Gasteiger partial charge in [0.25, 0.3) is 10.0 Å². The lowest BCUT2D eigenvalue weighted by molar-refractivity contribution is -0.122. The summed E-state index contributed by atoms with van der Waals surface area (Å²) in [5, 5.41) is 2.95. The summed E-state index contributed by atoms with van der Waals surface area (Å²) in [7, 11) is 2.18.